The molecule has 0 unspecified atom stereocenters. The van der Waals surface area contributed by atoms with Crippen molar-refractivity contribution in [2.75, 3.05) is 12.0 Å². The lowest BCUT2D eigenvalue weighted by Crippen LogP contribution is -2.47. The Morgan fingerprint density at radius 2 is 1.91 bits per heavy atom. The number of ether oxygens (including phenoxy) is 2. The van der Waals surface area contributed by atoms with E-state index in [4.69, 9.17) is 19.2 Å². The molecule has 0 saturated carbocycles. The molecule has 9 nitrogen and oxygen atoms in total. The molecule has 0 aromatic carbocycles. The molecule has 1 fully saturated rings. The van der Waals surface area contributed by atoms with Gasteiger partial charge in [-0.15, -0.1) is 0 Å². The van der Waals surface area contributed by atoms with Crippen LogP contribution in [0.3, 0.4) is 0 Å². The molecular weight excluding hydrogens is 306 g/mol. The molecule has 1 saturated heterocycles. The predicted octanol–water partition coefficient (Wildman–Crippen LogP) is 1.15. The highest BCUT2D eigenvalue weighted by atomic mass is 17.2. The predicted molar refractivity (Wildman–Crippen MR) is 78.0 cm³/mol. The van der Waals surface area contributed by atoms with Gasteiger partial charge in [0, 0.05) is 20.0 Å². The number of hydrazone groups is 1. The van der Waals surface area contributed by atoms with Crippen molar-refractivity contribution in [3.63, 3.8) is 0 Å². The standard InChI is InChI=1S/C14H17N3O6/c1-4-20-21-8-9-5-6-10(15-7-9)16-17-11-12(18)22-14(2,3)23-13(11)19/h5-7H,4,8H2,1-3H3,(H,15,16). The minimum absolute atomic E-state index is 0.253. The SMILES string of the molecule is CCOOCc1ccc(NN=C2C(=O)OC(C)(C)OC2=O)nc1. The van der Waals surface area contributed by atoms with Crippen molar-refractivity contribution < 1.29 is 28.8 Å². The van der Waals surface area contributed by atoms with Crippen LogP contribution in [0.25, 0.3) is 0 Å². The van der Waals surface area contributed by atoms with Crippen molar-refractivity contribution in [3.05, 3.63) is 23.9 Å². The second-order valence-electron chi connectivity index (χ2n) is 4.97. The number of carbonyl (C=O) groups is 2. The zero-order valence-electron chi connectivity index (χ0n) is 13.0. The van der Waals surface area contributed by atoms with Gasteiger partial charge in [-0.05, 0) is 18.6 Å². The number of aromatic nitrogens is 1. The highest BCUT2D eigenvalue weighted by molar-refractivity contribution is 6.63. The first kappa shape index (κ1) is 16.8. The summed E-state index contributed by atoms with van der Waals surface area (Å²) in [5.74, 6) is -2.68. The average molecular weight is 323 g/mol. The molecule has 0 aliphatic carbocycles. The Labute approximate surface area is 132 Å². The molecule has 124 valence electrons. The van der Waals surface area contributed by atoms with Gasteiger partial charge < -0.3 is 9.47 Å². The number of esters is 2. The number of nitrogens with zero attached hydrogens (tertiary/aromatic N) is 2. The molecule has 2 rings (SSSR count). The molecule has 0 bridgehead atoms. The monoisotopic (exact) mass is 323 g/mol. The maximum atomic E-state index is 11.7. The van der Waals surface area contributed by atoms with Crippen molar-refractivity contribution in [2.45, 2.75) is 33.2 Å². The van der Waals surface area contributed by atoms with Crippen LogP contribution in [-0.4, -0.2) is 35.0 Å². The van der Waals surface area contributed by atoms with Gasteiger partial charge in [-0.25, -0.2) is 24.3 Å². The zero-order valence-corrected chi connectivity index (χ0v) is 13.0. The Bertz CT molecular complexity index is 589. The largest absolute Gasteiger partial charge is 0.418 e. The highest BCUT2D eigenvalue weighted by Gasteiger charge is 2.40. The van der Waals surface area contributed by atoms with Gasteiger partial charge in [0.2, 0.25) is 0 Å². The summed E-state index contributed by atoms with van der Waals surface area (Å²) in [6, 6.07) is 3.34. The second-order valence-corrected chi connectivity index (χ2v) is 4.97. The number of hydrogen-bond acceptors (Lipinski definition) is 9. The van der Waals surface area contributed by atoms with E-state index in [-0.39, 0.29) is 6.61 Å². The minimum atomic E-state index is -1.30. The van der Waals surface area contributed by atoms with E-state index < -0.39 is 23.4 Å². The fourth-order valence-corrected chi connectivity index (χ4v) is 1.62. The summed E-state index contributed by atoms with van der Waals surface area (Å²) in [6.07, 6.45) is 1.54. The Balaban J connectivity index is 1.97. The lowest BCUT2D eigenvalue weighted by molar-refractivity contribution is -0.300. The summed E-state index contributed by atoms with van der Waals surface area (Å²) in [5.41, 5.74) is 2.81. The summed E-state index contributed by atoms with van der Waals surface area (Å²) in [4.78, 5) is 37.1. The van der Waals surface area contributed by atoms with Crippen molar-refractivity contribution in [2.24, 2.45) is 5.10 Å². The topological polar surface area (TPSA) is 108 Å². The first-order chi connectivity index (χ1) is 10.9. The van der Waals surface area contributed by atoms with E-state index in [0.717, 1.165) is 5.56 Å². The third-order valence-corrected chi connectivity index (χ3v) is 2.60. The molecule has 9 heteroatoms. The van der Waals surface area contributed by atoms with Crippen LogP contribution >= 0.6 is 0 Å². The summed E-state index contributed by atoms with van der Waals surface area (Å²) < 4.78 is 9.83. The quantitative estimate of drug-likeness (QED) is 0.359. The number of carbonyl (C=O) groups excluding carboxylic acids is 2. The van der Waals surface area contributed by atoms with Gasteiger partial charge in [-0.1, -0.05) is 6.07 Å². The molecule has 1 aromatic heterocycles. The molecule has 23 heavy (non-hydrogen) atoms. The van der Waals surface area contributed by atoms with Gasteiger partial charge in [0.15, 0.2) is 0 Å². The molecular formula is C14H17N3O6. The van der Waals surface area contributed by atoms with Crippen LogP contribution in [0.5, 0.6) is 0 Å². The molecule has 0 radical (unpaired) electrons. The minimum Gasteiger partial charge on any atom is -0.418 e. The van der Waals surface area contributed by atoms with E-state index in [2.05, 4.69) is 15.5 Å². The molecule has 1 aliphatic rings. The lowest BCUT2D eigenvalue weighted by Gasteiger charge is -2.28. The Hall–Kier alpha value is -2.52. The van der Waals surface area contributed by atoms with Gasteiger partial charge in [0.1, 0.15) is 12.4 Å². The van der Waals surface area contributed by atoms with Crippen molar-refractivity contribution in [1.82, 2.24) is 4.98 Å². The average Bonchev–Trinajstić information content (AvgIpc) is 2.47. The molecule has 0 spiro atoms. The van der Waals surface area contributed by atoms with E-state index in [1.54, 1.807) is 18.3 Å². The first-order valence-electron chi connectivity index (χ1n) is 6.91. The fraction of sp³-hybridized carbons (Fsp3) is 0.429. The molecule has 0 amide bonds. The number of nitrogens with one attached hydrogen (secondary N) is 1. The van der Waals surface area contributed by atoms with Crippen LogP contribution in [0.2, 0.25) is 0 Å². The van der Waals surface area contributed by atoms with Crippen molar-refractivity contribution in [1.29, 1.82) is 0 Å². The van der Waals surface area contributed by atoms with E-state index in [1.807, 2.05) is 6.92 Å². The molecule has 2 heterocycles. The van der Waals surface area contributed by atoms with Crippen LogP contribution in [-0.2, 0) is 35.4 Å². The number of cyclic esters (lactones) is 2. The number of rotatable bonds is 6. The third kappa shape index (κ3) is 4.73. The number of anilines is 1. The lowest BCUT2D eigenvalue weighted by atomic mass is 10.3. The van der Waals surface area contributed by atoms with Crippen molar-refractivity contribution >= 4 is 23.5 Å². The van der Waals surface area contributed by atoms with Gasteiger partial charge >= 0.3 is 11.9 Å². The van der Waals surface area contributed by atoms with E-state index in [1.165, 1.54) is 13.8 Å². The molecule has 0 atom stereocenters. The van der Waals surface area contributed by atoms with Crippen LogP contribution in [0.4, 0.5) is 5.82 Å². The number of hydrogen-bond donors (Lipinski definition) is 1. The van der Waals surface area contributed by atoms with E-state index in [9.17, 15) is 9.59 Å². The van der Waals surface area contributed by atoms with E-state index in [0.29, 0.717) is 12.4 Å². The summed E-state index contributed by atoms with van der Waals surface area (Å²) >= 11 is 0. The van der Waals surface area contributed by atoms with Crippen LogP contribution in [0.15, 0.2) is 23.4 Å². The first-order valence-corrected chi connectivity index (χ1v) is 6.91. The van der Waals surface area contributed by atoms with Gasteiger partial charge in [-0.3, -0.25) is 5.43 Å². The smallest absolute Gasteiger partial charge is 0.369 e. The number of pyridine rings is 1. The third-order valence-electron chi connectivity index (χ3n) is 2.60. The molecule has 1 aliphatic heterocycles. The van der Waals surface area contributed by atoms with E-state index >= 15 is 0 Å². The summed E-state index contributed by atoms with van der Waals surface area (Å²) in [7, 11) is 0. The van der Waals surface area contributed by atoms with Crippen LogP contribution in [0.1, 0.15) is 26.3 Å². The summed E-state index contributed by atoms with van der Waals surface area (Å²) in [5, 5.41) is 3.69. The van der Waals surface area contributed by atoms with Crippen molar-refractivity contribution in [3.8, 4) is 0 Å². The van der Waals surface area contributed by atoms with Gasteiger partial charge in [-0.2, -0.15) is 5.10 Å². The zero-order chi connectivity index (χ0) is 16.9. The summed E-state index contributed by atoms with van der Waals surface area (Å²) in [6.45, 7) is 5.43. The Kier molecular flexibility index (Phi) is 5.24. The highest BCUT2D eigenvalue weighted by Crippen LogP contribution is 2.18. The maximum Gasteiger partial charge on any atom is 0.369 e. The fourth-order valence-electron chi connectivity index (χ4n) is 1.62. The normalized spacial score (nSPS) is 16.6. The molecule has 1 aromatic rings. The van der Waals surface area contributed by atoms with Gasteiger partial charge in [0.05, 0.1) is 6.61 Å². The Morgan fingerprint density at radius 1 is 1.22 bits per heavy atom. The second kappa shape index (κ2) is 7.16. The van der Waals surface area contributed by atoms with Gasteiger partial charge in [0.25, 0.3) is 11.5 Å². The maximum absolute atomic E-state index is 11.7. The Morgan fingerprint density at radius 3 is 2.48 bits per heavy atom. The van der Waals surface area contributed by atoms with Crippen LogP contribution < -0.4 is 5.43 Å². The van der Waals surface area contributed by atoms with Crippen LogP contribution in [0, 0.1) is 0 Å². The molecule has 1 N–H and O–H groups in total.